The molecular weight excluding hydrogens is 426 g/mol. The predicted octanol–water partition coefficient (Wildman–Crippen LogP) is 3.05. The molecule has 33 heavy (non-hydrogen) atoms. The van der Waals surface area contributed by atoms with Crippen molar-refractivity contribution in [2.45, 2.75) is 31.5 Å². The van der Waals surface area contributed by atoms with Crippen LogP contribution >= 0.6 is 0 Å². The molecule has 0 bridgehead atoms. The summed E-state index contributed by atoms with van der Waals surface area (Å²) in [4.78, 5) is 28.1. The van der Waals surface area contributed by atoms with Crippen LogP contribution < -0.4 is 9.47 Å². The number of amides is 1. The van der Waals surface area contributed by atoms with E-state index in [0.29, 0.717) is 31.3 Å². The van der Waals surface area contributed by atoms with Gasteiger partial charge in [-0.05, 0) is 37.6 Å². The van der Waals surface area contributed by atoms with Crippen molar-refractivity contribution < 1.29 is 23.9 Å². The van der Waals surface area contributed by atoms with Crippen molar-refractivity contribution in [3.63, 3.8) is 0 Å². The van der Waals surface area contributed by atoms with Gasteiger partial charge in [0.05, 0.1) is 31.3 Å². The van der Waals surface area contributed by atoms with E-state index in [4.69, 9.17) is 14.2 Å². The van der Waals surface area contributed by atoms with Gasteiger partial charge in [-0.25, -0.2) is 0 Å². The highest BCUT2D eigenvalue weighted by molar-refractivity contribution is 5.89. The summed E-state index contributed by atoms with van der Waals surface area (Å²) in [6.45, 7) is 7.75. The number of morpholine rings is 1. The number of nitro groups is 1. The van der Waals surface area contributed by atoms with E-state index in [1.165, 1.54) is 12.1 Å². The van der Waals surface area contributed by atoms with Crippen LogP contribution in [-0.4, -0.2) is 72.2 Å². The second-order valence-corrected chi connectivity index (χ2v) is 8.89. The zero-order chi connectivity index (χ0) is 23.6. The molecule has 0 aliphatic carbocycles. The SMILES string of the molecule is COc1cccc([C@@H]2[C@H](Oc3cccc([N+](=O)[O-])c3)C(=O)N2CC(C)(C)N2CCOCC2)c1. The Kier molecular flexibility index (Phi) is 6.53. The largest absolute Gasteiger partial charge is 0.497 e. The van der Waals surface area contributed by atoms with Crippen molar-refractivity contribution in [1.29, 1.82) is 0 Å². The third kappa shape index (κ3) is 4.79. The van der Waals surface area contributed by atoms with Crippen LogP contribution in [0.4, 0.5) is 5.69 Å². The number of rotatable bonds is 8. The Morgan fingerprint density at radius 1 is 1.12 bits per heavy atom. The lowest BCUT2D eigenvalue weighted by Crippen LogP contribution is -2.66. The van der Waals surface area contributed by atoms with Gasteiger partial charge in [-0.2, -0.15) is 0 Å². The Hall–Kier alpha value is -3.17. The van der Waals surface area contributed by atoms with E-state index >= 15 is 0 Å². The minimum Gasteiger partial charge on any atom is -0.497 e. The molecule has 9 nitrogen and oxygen atoms in total. The summed E-state index contributed by atoms with van der Waals surface area (Å²) in [7, 11) is 1.60. The van der Waals surface area contributed by atoms with Gasteiger partial charge in [0.2, 0.25) is 6.10 Å². The monoisotopic (exact) mass is 455 g/mol. The Bertz CT molecular complexity index is 1020. The number of benzene rings is 2. The first kappa shape index (κ1) is 23.0. The number of carbonyl (C=O) groups is 1. The molecule has 4 rings (SSSR count). The van der Waals surface area contributed by atoms with Crippen molar-refractivity contribution in [3.05, 3.63) is 64.2 Å². The fourth-order valence-corrected chi connectivity index (χ4v) is 4.49. The molecule has 2 heterocycles. The second-order valence-electron chi connectivity index (χ2n) is 8.89. The number of non-ortho nitro benzene ring substituents is 1. The summed E-state index contributed by atoms with van der Waals surface area (Å²) in [6, 6.07) is 13.2. The maximum absolute atomic E-state index is 13.3. The smallest absolute Gasteiger partial charge is 0.273 e. The summed E-state index contributed by atoms with van der Waals surface area (Å²) >= 11 is 0. The molecule has 2 atom stereocenters. The number of likely N-dealkylation sites (tertiary alicyclic amines) is 1. The van der Waals surface area contributed by atoms with Crippen molar-refractivity contribution in [1.82, 2.24) is 9.80 Å². The molecule has 0 radical (unpaired) electrons. The number of nitro benzene ring substituents is 1. The number of carbonyl (C=O) groups excluding carboxylic acids is 1. The summed E-state index contributed by atoms with van der Waals surface area (Å²) in [5, 5.41) is 11.1. The van der Waals surface area contributed by atoms with Crippen molar-refractivity contribution in [3.8, 4) is 11.5 Å². The fourth-order valence-electron chi connectivity index (χ4n) is 4.49. The van der Waals surface area contributed by atoms with Crippen LogP contribution in [0.1, 0.15) is 25.5 Å². The van der Waals surface area contributed by atoms with Crippen LogP contribution in [-0.2, 0) is 9.53 Å². The average molecular weight is 456 g/mol. The van der Waals surface area contributed by atoms with Crippen LogP contribution in [0, 0.1) is 10.1 Å². The number of hydrogen-bond acceptors (Lipinski definition) is 7. The summed E-state index contributed by atoms with van der Waals surface area (Å²) < 4.78 is 16.9. The van der Waals surface area contributed by atoms with E-state index in [-0.39, 0.29) is 23.2 Å². The average Bonchev–Trinajstić information content (AvgIpc) is 2.83. The summed E-state index contributed by atoms with van der Waals surface area (Å²) in [5.74, 6) is 0.839. The molecule has 0 N–H and O–H groups in total. The summed E-state index contributed by atoms with van der Waals surface area (Å²) in [6.07, 6.45) is -0.778. The molecule has 2 aliphatic rings. The van der Waals surface area contributed by atoms with Gasteiger partial charge in [-0.3, -0.25) is 19.8 Å². The van der Waals surface area contributed by atoms with E-state index in [1.807, 2.05) is 29.2 Å². The first-order valence-corrected chi connectivity index (χ1v) is 11.0. The Morgan fingerprint density at radius 2 is 1.82 bits per heavy atom. The molecule has 2 saturated heterocycles. The third-order valence-electron chi connectivity index (χ3n) is 6.30. The Morgan fingerprint density at radius 3 is 2.52 bits per heavy atom. The van der Waals surface area contributed by atoms with Gasteiger partial charge < -0.3 is 19.1 Å². The molecule has 2 aromatic carbocycles. The van der Waals surface area contributed by atoms with Gasteiger partial charge >= 0.3 is 0 Å². The number of hydrogen-bond donors (Lipinski definition) is 0. The highest BCUT2D eigenvalue weighted by atomic mass is 16.6. The highest BCUT2D eigenvalue weighted by Gasteiger charge is 2.52. The van der Waals surface area contributed by atoms with Gasteiger partial charge in [-0.15, -0.1) is 0 Å². The maximum atomic E-state index is 13.3. The molecule has 1 amide bonds. The van der Waals surface area contributed by atoms with Crippen molar-refractivity contribution in [2.75, 3.05) is 40.0 Å². The zero-order valence-electron chi connectivity index (χ0n) is 19.1. The minimum atomic E-state index is -0.778. The topological polar surface area (TPSA) is 94.4 Å². The Labute approximate surface area is 193 Å². The van der Waals surface area contributed by atoms with E-state index < -0.39 is 11.0 Å². The third-order valence-corrected chi connectivity index (χ3v) is 6.30. The molecule has 2 aromatic rings. The molecule has 0 aromatic heterocycles. The standard InChI is InChI=1S/C24H29N3O6/c1-24(2,25-10-12-32-13-11-25)16-26-21(17-6-4-8-19(14-17)31-3)22(23(26)28)33-20-9-5-7-18(15-20)27(29)30/h4-9,14-15,21-22H,10-13,16H2,1-3H3/t21-,22+/m1/s1. The maximum Gasteiger partial charge on any atom is 0.273 e. The molecule has 0 unspecified atom stereocenters. The van der Waals surface area contributed by atoms with Gasteiger partial charge in [0.1, 0.15) is 17.5 Å². The number of methoxy groups -OCH3 is 1. The minimum absolute atomic E-state index is 0.0810. The molecule has 176 valence electrons. The van der Waals surface area contributed by atoms with E-state index in [0.717, 1.165) is 18.7 Å². The molecule has 2 aliphatic heterocycles. The van der Waals surface area contributed by atoms with Crippen LogP contribution in [0.3, 0.4) is 0 Å². The van der Waals surface area contributed by atoms with Gasteiger partial charge in [0.15, 0.2) is 0 Å². The zero-order valence-corrected chi connectivity index (χ0v) is 19.1. The number of ether oxygens (including phenoxy) is 3. The van der Waals surface area contributed by atoms with Crippen LogP contribution in [0.25, 0.3) is 0 Å². The Balaban J connectivity index is 1.60. The van der Waals surface area contributed by atoms with Gasteiger partial charge in [0, 0.05) is 31.2 Å². The molecular formula is C24H29N3O6. The van der Waals surface area contributed by atoms with Crippen LogP contribution in [0.5, 0.6) is 11.5 Å². The lowest BCUT2D eigenvalue weighted by atomic mass is 9.87. The first-order valence-electron chi connectivity index (χ1n) is 11.0. The van der Waals surface area contributed by atoms with Crippen LogP contribution in [0.15, 0.2) is 48.5 Å². The van der Waals surface area contributed by atoms with Crippen molar-refractivity contribution in [2.24, 2.45) is 0 Å². The lowest BCUT2D eigenvalue weighted by molar-refractivity contribution is -0.385. The fraction of sp³-hybridized carbons (Fsp3) is 0.458. The first-order chi connectivity index (χ1) is 15.8. The van der Waals surface area contributed by atoms with Crippen LogP contribution in [0.2, 0.25) is 0 Å². The van der Waals surface area contributed by atoms with Gasteiger partial charge in [0.25, 0.3) is 11.6 Å². The predicted molar refractivity (Wildman–Crippen MR) is 121 cm³/mol. The molecule has 0 saturated carbocycles. The normalized spacial score (nSPS) is 21.4. The van der Waals surface area contributed by atoms with Crippen molar-refractivity contribution >= 4 is 11.6 Å². The van der Waals surface area contributed by atoms with E-state index in [1.54, 1.807) is 19.2 Å². The number of β-lactam (4-membered cyclic amide) rings is 1. The van der Waals surface area contributed by atoms with Gasteiger partial charge in [-0.1, -0.05) is 18.2 Å². The number of nitrogens with zero attached hydrogens (tertiary/aromatic N) is 3. The molecule has 0 spiro atoms. The molecule has 9 heteroatoms. The van der Waals surface area contributed by atoms with E-state index in [2.05, 4.69) is 18.7 Å². The summed E-state index contributed by atoms with van der Waals surface area (Å²) in [5.41, 5.74) is 0.553. The lowest BCUT2D eigenvalue weighted by Gasteiger charge is -2.52. The highest BCUT2D eigenvalue weighted by Crippen LogP contribution is 2.40. The van der Waals surface area contributed by atoms with E-state index in [9.17, 15) is 14.9 Å². The quantitative estimate of drug-likeness (QED) is 0.343. The molecule has 2 fully saturated rings. The second kappa shape index (κ2) is 9.36.